The maximum atomic E-state index is 12.4. The van der Waals surface area contributed by atoms with Gasteiger partial charge in [-0.2, -0.15) is 0 Å². The van der Waals surface area contributed by atoms with Gasteiger partial charge in [0.25, 0.3) is 11.8 Å². The number of hydrogen-bond donors (Lipinski definition) is 1. The summed E-state index contributed by atoms with van der Waals surface area (Å²) in [5.74, 6) is -0.0534. The van der Waals surface area contributed by atoms with Gasteiger partial charge in [-0.25, -0.2) is 0 Å². The number of rotatable bonds is 7. The number of nitrogens with zero attached hydrogens (tertiary/aromatic N) is 2. The fourth-order valence-corrected chi connectivity index (χ4v) is 3.97. The summed E-state index contributed by atoms with van der Waals surface area (Å²) in [6, 6.07) is 14.6. The molecule has 2 heterocycles. The molecule has 0 radical (unpaired) electrons. The monoisotopic (exact) mass is 394 g/mol. The van der Waals surface area contributed by atoms with E-state index in [4.69, 9.17) is 4.74 Å². The van der Waals surface area contributed by atoms with Gasteiger partial charge in [-0.05, 0) is 55.8 Å². The number of hydrogen-bond acceptors (Lipinski definition) is 5. The Morgan fingerprint density at radius 2 is 1.62 bits per heavy atom. The van der Waals surface area contributed by atoms with Crippen LogP contribution in [0.5, 0.6) is 5.75 Å². The molecule has 0 aromatic heterocycles. The van der Waals surface area contributed by atoms with E-state index in [9.17, 15) is 14.7 Å². The molecule has 1 unspecified atom stereocenters. The number of piperidine rings is 1. The first-order valence-electron chi connectivity index (χ1n) is 10.2. The highest BCUT2D eigenvalue weighted by atomic mass is 16.5. The maximum absolute atomic E-state index is 12.4. The Hall–Kier alpha value is -2.70. The van der Waals surface area contributed by atoms with E-state index in [2.05, 4.69) is 11.0 Å². The molecular weight excluding hydrogens is 368 g/mol. The van der Waals surface area contributed by atoms with Crippen LogP contribution in [-0.4, -0.2) is 59.1 Å². The Kier molecular flexibility index (Phi) is 5.92. The smallest absolute Gasteiger partial charge is 0.261 e. The van der Waals surface area contributed by atoms with E-state index in [1.807, 2.05) is 18.2 Å². The fraction of sp³-hybridized carbons (Fsp3) is 0.391. The van der Waals surface area contributed by atoms with Crippen LogP contribution in [0.4, 0.5) is 0 Å². The summed E-state index contributed by atoms with van der Waals surface area (Å²) < 4.78 is 5.74. The molecule has 2 aliphatic heterocycles. The lowest BCUT2D eigenvalue weighted by molar-refractivity contribution is 0.0456. The molecular formula is C23H26N2O4. The largest absolute Gasteiger partial charge is 0.491 e. The number of β-amino-alcohol motifs (C(OH)–C–C–N with tert-alkyl or cyclic N) is 1. The number of fused-ring (bicyclic) bond motifs is 1. The summed E-state index contributed by atoms with van der Waals surface area (Å²) in [6.45, 7) is 3.09. The average Bonchev–Trinajstić information content (AvgIpc) is 2.98. The second-order valence-electron chi connectivity index (χ2n) is 7.72. The molecule has 1 atom stereocenters. The fourth-order valence-electron chi connectivity index (χ4n) is 3.97. The highest BCUT2D eigenvalue weighted by Gasteiger charge is 2.36. The summed E-state index contributed by atoms with van der Waals surface area (Å²) >= 11 is 0. The zero-order valence-electron chi connectivity index (χ0n) is 16.4. The molecule has 2 amide bonds. The number of amides is 2. The van der Waals surface area contributed by atoms with Crippen LogP contribution < -0.4 is 4.74 Å². The van der Waals surface area contributed by atoms with Gasteiger partial charge in [-0.3, -0.25) is 19.4 Å². The number of likely N-dealkylation sites (tertiary alicyclic amines) is 1. The minimum absolute atomic E-state index is 0.0145. The van der Waals surface area contributed by atoms with Crippen LogP contribution in [0.1, 0.15) is 45.5 Å². The Labute approximate surface area is 170 Å². The van der Waals surface area contributed by atoms with Crippen LogP contribution in [0.2, 0.25) is 0 Å². The van der Waals surface area contributed by atoms with Crippen LogP contribution >= 0.6 is 0 Å². The molecule has 29 heavy (non-hydrogen) atoms. The minimum Gasteiger partial charge on any atom is -0.491 e. The lowest BCUT2D eigenvalue weighted by Crippen LogP contribution is -2.39. The number of aliphatic hydroxyl groups excluding tert-OH is 1. The van der Waals surface area contributed by atoms with Crippen molar-refractivity contribution < 1.29 is 19.4 Å². The van der Waals surface area contributed by atoms with E-state index in [1.165, 1.54) is 24.8 Å². The van der Waals surface area contributed by atoms with Crippen molar-refractivity contribution in [2.24, 2.45) is 0 Å². The molecule has 0 aliphatic carbocycles. The van der Waals surface area contributed by atoms with Gasteiger partial charge in [0.1, 0.15) is 18.5 Å². The maximum Gasteiger partial charge on any atom is 0.261 e. The highest BCUT2D eigenvalue weighted by molar-refractivity contribution is 6.21. The second kappa shape index (κ2) is 8.76. The normalized spacial score (nSPS) is 18.0. The molecule has 0 spiro atoms. The third-order valence-corrected chi connectivity index (χ3v) is 5.47. The Morgan fingerprint density at radius 3 is 2.31 bits per heavy atom. The summed E-state index contributed by atoms with van der Waals surface area (Å²) in [5.41, 5.74) is 1.95. The lowest BCUT2D eigenvalue weighted by atomic mass is 10.1. The van der Waals surface area contributed by atoms with Gasteiger partial charge in [0.2, 0.25) is 0 Å². The molecule has 4 rings (SSSR count). The Bertz CT molecular complexity index is 857. The molecule has 2 aliphatic rings. The van der Waals surface area contributed by atoms with Crippen molar-refractivity contribution in [1.29, 1.82) is 0 Å². The van der Waals surface area contributed by atoms with Crippen LogP contribution in [0.25, 0.3) is 0 Å². The van der Waals surface area contributed by atoms with Crippen molar-refractivity contribution in [2.75, 3.05) is 26.2 Å². The molecule has 2 aromatic rings. The first-order chi connectivity index (χ1) is 14.1. The van der Waals surface area contributed by atoms with Gasteiger partial charge >= 0.3 is 0 Å². The van der Waals surface area contributed by atoms with Gasteiger partial charge in [0, 0.05) is 6.54 Å². The van der Waals surface area contributed by atoms with Gasteiger partial charge in [0.05, 0.1) is 17.7 Å². The quantitative estimate of drug-likeness (QED) is 0.732. The minimum atomic E-state index is -0.956. The van der Waals surface area contributed by atoms with Crippen LogP contribution in [0.3, 0.4) is 0 Å². The van der Waals surface area contributed by atoms with Gasteiger partial charge in [-0.15, -0.1) is 0 Å². The summed E-state index contributed by atoms with van der Waals surface area (Å²) in [7, 11) is 0. The van der Waals surface area contributed by atoms with Crippen molar-refractivity contribution in [1.82, 2.24) is 9.80 Å². The predicted octanol–water partition coefficient (Wildman–Crippen LogP) is 2.71. The van der Waals surface area contributed by atoms with Crippen LogP contribution in [-0.2, 0) is 6.54 Å². The Balaban J connectivity index is 1.31. The summed E-state index contributed by atoms with van der Waals surface area (Å²) in [6.07, 6.45) is 2.85. The number of benzene rings is 2. The Morgan fingerprint density at radius 1 is 0.931 bits per heavy atom. The standard InChI is InChI=1S/C23H26N2O4/c26-18(15-25-22(27)20-9-2-3-10-21(20)23(25)28)16-29-19-8-6-7-17(13-19)14-24-11-4-1-5-12-24/h2-3,6-10,13,18,26H,1,4-5,11-12,14-16H2. The molecule has 6 nitrogen and oxygen atoms in total. The van der Waals surface area contributed by atoms with E-state index < -0.39 is 6.10 Å². The number of carbonyl (C=O) groups excluding carboxylic acids is 2. The van der Waals surface area contributed by atoms with Gasteiger partial charge in [0.15, 0.2) is 0 Å². The predicted molar refractivity (Wildman–Crippen MR) is 109 cm³/mol. The zero-order valence-corrected chi connectivity index (χ0v) is 16.4. The second-order valence-corrected chi connectivity index (χ2v) is 7.72. The topological polar surface area (TPSA) is 70.1 Å². The van der Waals surface area contributed by atoms with E-state index >= 15 is 0 Å². The van der Waals surface area contributed by atoms with E-state index in [-0.39, 0.29) is 25.0 Å². The lowest BCUT2D eigenvalue weighted by Gasteiger charge is -2.26. The van der Waals surface area contributed by atoms with Gasteiger partial charge < -0.3 is 9.84 Å². The average molecular weight is 394 g/mol. The van der Waals surface area contributed by atoms with Gasteiger partial charge in [-0.1, -0.05) is 30.7 Å². The highest BCUT2D eigenvalue weighted by Crippen LogP contribution is 2.23. The third kappa shape index (κ3) is 4.49. The van der Waals surface area contributed by atoms with Crippen molar-refractivity contribution in [3.05, 3.63) is 65.2 Å². The van der Waals surface area contributed by atoms with E-state index in [1.54, 1.807) is 24.3 Å². The zero-order chi connectivity index (χ0) is 20.2. The molecule has 152 valence electrons. The number of ether oxygens (including phenoxy) is 1. The third-order valence-electron chi connectivity index (χ3n) is 5.47. The van der Waals surface area contributed by atoms with Crippen molar-refractivity contribution >= 4 is 11.8 Å². The van der Waals surface area contributed by atoms with Crippen LogP contribution in [0.15, 0.2) is 48.5 Å². The molecule has 0 bridgehead atoms. The van der Waals surface area contributed by atoms with Crippen molar-refractivity contribution in [3.63, 3.8) is 0 Å². The SMILES string of the molecule is O=C1c2ccccc2C(=O)N1CC(O)COc1cccc(CN2CCCCC2)c1. The van der Waals surface area contributed by atoms with Crippen LogP contribution in [0, 0.1) is 0 Å². The van der Waals surface area contributed by atoms with Crippen molar-refractivity contribution in [3.8, 4) is 5.75 Å². The van der Waals surface area contributed by atoms with E-state index in [0.717, 1.165) is 24.5 Å². The molecule has 1 N–H and O–H groups in total. The summed E-state index contributed by atoms with van der Waals surface area (Å²) in [4.78, 5) is 28.3. The molecule has 1 saturated heterocycles. The molecule has 1 fully saturated rings. The molecule has 0 saturated carbocycles. The van der Waals surface area contributed by atoms with Crippen molar-refractivity contribution in [2.45, 2.75) is 31.9 Å². The number of carbonyl (C=O) groups is 2. The molecule has 2 aromatic carbocycles. The number of imide groups is 1. The summed E-state index contributed by atoms with van der Waals surface area (Å²) in [5, 5.41) is 10.3. The molecule has 6 heteroatoms. The first-order valence-corrected chi connectivity index (χ1v) is 10.2. The first kappa shape index (κ1) is 19.6. The number of aliphatic hydroxyl groups is 1. The van der Waals surface area contributed by atoms with E-state index in [0.29, 0.717) is 16.9 Å².